The fraction of sp³-hybridized carbons (Fsp3) is 0.333. The summed E-state index contributed by atoms with van der Waals surface area (Å²) >= 11 is 0. The van der Waals surface area contributed by atoms with Crippen LogP contribution in [0.5, 0.6) is 0 Å². The lowest BCUT2D eigenvalue weighted by atomic mass is 10.0. The number of aromatic amines is 1. The maximum absolute atomic E-state index is 12.4. The smallest absolute Gasteiger partial charge is 0.251 e. The van der Waals surface area contributed by atoms with Gasteiger partial charge in [0.15, 0.2) is 5.66 Å². The van der Waals surface area contributed by atoms with E-state index in [0.717, 1.165) is 0 Å². The SMILES string of the molecule is C#CCCC1(CCNC(=O)c2cccc(S(=O)(=O)NCc3cn[nH]c3)c2)N=N1. The first-order valence-corrected chi connectivity index (χ1v) is 10.2. The first-order chi connectivity index (χ1) is 13.4. The number of hydrogen-bond acceptors (Lipinski definition) is 6. The molecule has 1 aliphatic rings. The number of carbonyl (C=O) groups is 1. The van der Waals surface area contributed by atoms with Gasteiger partial charge in [0.05, 0.1) is 11.1 Å². The third-order valence-electron chi connectivity index (χ3n) is 4.29. The molecule has 0 radical (unpaired) electrons. The van der Waals surface area contributed by atoms with Gasteiger partial charge < -0.3 is 5.32 Å². The predicted octanol–water partition coefficient (Wildman–Crippen LogP) is 1.58. The van der Waals surface area contributed by atoms with E-state index in [1.165, 1.54) is 24.4 Å². The van der Waals surface area contributed by atoms with Gasteiger partial charge in [0, 0.05) is 49.7 Å². The molecule has 146 valence electrons. The molecule has 1 amide bonds. The van der Waals surface area contributed by atoms with E-state index >= 15 is 0 Å². The zero-order valence-corrected chi connectivity index (χ0v) is 15.9. The van der Waals surface area contributed by atoms with Crippen LogP contribution in [0.15, 0.2) is 51.8 Å². The minimum absolute atomic E-state index is 0.0151. The van der Waals surface area contributed by atoms with Gasteiger partial charge in [-0.05, 0) is 18.2 Å². The number of carbonyl (C=O) groups excluding carboxylic acids is 1. The second-order valence-electron chi connectivity index (χ2n) is 6.35. The summed E-state index contributed by atoms with van der Waals surface area (Å²) in [5.74, 6) is 2.19. The molecule has 10 heteroatoms. The van der Waals surface area contributed by atoms with Crippen molar-refractivity contribution in [2.24, 2.45) is 10.2 Å². The Morgan fingerprint density at radius 2 is 2.11 bits per heavy atom. The van der Waals surface area contributed by atoms with Crippen molar-refractivity contribution in [3.05, 3.63) is 47.8 Å². The quantitative estimate of drug-likeness (QED) is 0.523. The predicted molar refractivity (Wildman–Crippen MR) is 102 cm³/mol. The molecule has 1 aliphatic heterocycles. The molecule has 3 N–H and O–H groups in total. The molecule has 0 aliphatic carbocycles. The zero-order valence-electron chi connectivity index (χ0n) is 15.1. The number of benzene rings is 1. The van der Waals surface area contributed by atoms with Crippen molar-refractivity contribution in [1.82, 2.24) is 20.2 Å². The van der Waals surface area contributed by atoms with Gasteiger partial charge in [0.25, 0.3) is 5.91 Å². The second-order valence-corrected chi connectivity index (χ2v) is 8.12. The molecular formula is C18H20N6O3S. The Morgan fingerprint density at radius 3 is 2.79 bits per heavy atom. The molecule has 0 spiro atoms. The average molecular weight is 400 g/mol. The number of sulfonamides is 1. The maximum Gasteiger partial charge on any atom is 0.251 e. The molecule has 2 aromatic rings. The highest BCUT2D eigenvalue weighted by atomic mass is 32.2. The van der Waals surface area contributed by atoms with Crippen LogP contribution >= 0.6 is 0 Å². The van der Waals surface area contributed by atoms with Gasteiger partial charge in [-0.25, -0.2) is 13.1 Å². The average Bonchev–Trinajstić information content (AvgIpc) is 3.26. The van der Waals surface area contributed by atoms with Gasteiger partial charge in [-0.1, -0.05) is 6.07 Å². The van der Waals surface area contributed by atoms with Crippen LogP contribution < -0.4 is 10.0 Å². The lowest BCUT2D eigenvalue weighted by Crippen LogP contribution is -2.29. The van der Waals surface area contributed by atoms with Crippen molar-refractivity contribution in [2.75, 3.05) is 6.54 Å². The van der Waals surface area contributed by atoms with Gasteiger partial charge in [-0.3, -0.25) is 9.89 Å². The van der Waals surface area contributed by atoms with Gasteiger partial charge in [0.2, 0.25) is 10.0 Å². The van der Waals surface area contributed by atoms with E-state index in [9.17, 15) is 13.2 Å². The summed E-state index contributed by atoms with van der Waals surface area (Å²) in [5.41, 5.74) is 0.489. The van der Waals surface area contributed by atoms with Crippen LogP contribution in [-0.4, -0.2) is 36.7 Å². The molecule has 0 fully saturated rings. The van der Waals surface area contributed by atoms with E-state index < -0.39 is 15.7 Å². The first kappa shape index (κ1) is 19.7. The van der Waals surface area contributed by atoms with E-state index in [1.807, 2.05) is 0 Å². The summed E-state index contributed by atoms with van der Waals surface area (Å²) in [6.07, 6.45) is 10.2. The third-order valence-corrected chi connectivity index (χ3v) is 5.69. The molecule has 1 aromatic heterocycles. The highest BCUT2D eigenvalue weighted by Crippen LogP contribution is 2.36. The van der Waals surface area contributed by atoms with Crippen molar-refractivity contribution >= 4 is 15.9 Å². The highest BCUT2D eigenvalue weighted by Gasteiger charge is 2.38. The molecule has 0 saturated carbocycles. The van der Waals surface area contributed by atoms with Gasteiger partial charge in [0.1, 0.15) is 0 Å². The number of rotatable bonds is 10. The van der Waals surface area contributed by atoms with Crippen molar-refractivity contribution in [2.45, 2.75) is 36.4 Å². The number of terminal acetylenes is 1. The van der Waals surface area contributed by atoms with Gasteiger partial charge in [-0.2, -0.15) is 15.3 Å². The molecule has 0 unspecified atom stereocenters. The number of hydrogen-bond donors (Lipinski definition) is 3. The van der Waals surface area contributed by atoms with E-state index in [0.29, 0.717) is 31.4 Å². The Morgan fingerprint density at radius 1 is 1.29 bits per heavy atom. The van der Waals surface area contributed by atoms with E-state index in [4.69, 9.17) is 6.42 Å². The Kier molecular flexibility index (Phi) is 5.87. The minimum atomic E-state index is -3.76. The standard InChI is InChI=1S/C18H20N6O3S/c1-2-3-7-18(23-24-18)8-9-19-17(25)15-5-4-6-16(10-15)28(26,27)22-13-14-11-20-21-12-14/h1,4-6,10-12,22H,3,7-9,13H2,(H,19,25)(H,20,21). The Bertz CT molecular complexity index is 1000. The van der Waals surface area contributed by atoms with Crippen LogP contribution in [0.3, 0.4) is 0 Å². The van der Waals surface area contributed by atoms with Crippen LogP contribution in [0.25, 0.3) is 0 Å². The third kappa shape index (κ3) is 5.03. The topological polar surface area (TPSA) is 129 Å². The lowest BCUT2D eigenvalue weighted by Gasteiger charge is -2.11. The minimum Gasteiger partial charge on any atom is -0.352 e. The molecule has 28 heavy (non-hydrogen) atoms. The van der Waals surface area contributed by atoms with Crippen molar-refractivity contribution in [3.8, 4) is 12.3 Å². The first-order valence-electron chi connectivity index (χ1n) is 8.67. The molecule has 2 heterocycles. The summed E-state index contributed by atoms with van der Waals surface area (Å²) in [7, 11) is -3.76. The van der Waals surface area contributed by atoms with Crippen LogP contribution in [0.2, 0.25) is 0 Å². The summed E-state index contributed by atoms with van der Waals surface area (Å²) in [6.45, 7) is 0.466. The van der Waals surface area contributed by atoms with Crippen molar-refractivity contribution in [1.29, 1.82) is 0 Å². The monoisotopic (exact) mass is 400 g/mol. The maximum atomic E-state index is 12.4. The molecule has 0 bridgehead atoms. The largest absolute Gasteiger partial charge is 0.352 e. The molecular weight excluding hydrogens is 380 g/mol. The van der Waals surface area contributed by atoms with E-state index in [-0.39, 0.29) is 22.9 Å². The Balaban J connectivity index is 1.56. The fourth-order valence-corrected chi connectivity index (χ4v) is 3.65. The summed E-state index contributed by atoms with van der Waals surface area (Å²) in [6, 6.07) is 5.87. The highest BCUT2D eigenvalue weighted by molar-refractivity contribution is 7.89. The van der Waals surface area contributed by atoms with Gasteiger partial charge >= 0.3 is 0 Å². The molecule has 1 aromatic carbocycles. The Labute approximate surface area is 163 Å². The summed E-state index contributed by atoms with van der Waals surface area (Å²) in [5, 5.41) is 17.2. The summed E-state index contributed by atoms with van der Waals surface area (Å²) < 4.78 is 27.4. The second kappa shape index (κ2) is 8.33. The number of amides is 1. The van der Waals surface area contributed by atoms with E-state index in [2.05, 4.69) is 36.4 Å². The van der Waals surface area contributed by atoms with Crippen LogP contribution in [0.1, 0.15) is 35.2 Å². The van der Waals surface area contributed by atoms with Crippen LogP contribution in [0, 0.1) is 12.3 Å². The number of aromatic nitrogens is 2. The fourth-order valence-electron chi connectivity index (χ4n) is 2.59. The molecule has 3 rings (SSSR count). The molecule has 0 saturated heterocycles. The number of nitrogens with zero attached hydrogens (tertiary/aromatic N) is 3. The van der Waals surface area contributed by atoms with Crippen molar-refractivity contribution in [3.63, 3.8) is 0 Å². The molecule has 0 atom stereocenters. The Hall–Kier alpha value is -3.03. The summed E-state index contributed by atoms with van der Waals surface area (Å²) in [4.78, 5) is 12.4. The lowest BCUT2D eigenvalue weighted by molar-refractivity contribution is 0.0951. The molecule has 9 nitrogen and oxygen atoms in total. The van der Waals surface area contributed by atoms with Crippen LogP contribution in [0.4, 0.5) is 0 Å². The zero-order chi connectivity index (χ0) is 20.0. The van der Waals surface area contributed by atoms with Crippen LogP contribution in [-0.2, 0) is 16.6 Å². The van der Waals surface area contributed by atoms with Gasteiger partial charge in [-0.15, -0.1) is 12.3 Å². The normalized spacial score (nSPS) is 14.4. The number of nitrogens with one attached hydrogen (secondary N) is 3. The van der Waals surface area contributed by atoms with Crippen molar-refractivity contribution < 1.29 is 13.2 Å². The number of H-pyrrole nitrogens is 1. The van der Waals surface area contributed by atoms with E-state index in [1.54, 1.807) is 12.3 Å².